The Balaban J connectivity index is 1.90. The molecule has 2 atom stereocenters. The number of amides is 1. The van der Waals surface area contributed by atoms with Crippen molar-refractivity contribution >= 4 is 6.09 Å². The number of piperidine rings is 1. The number of fused-ring (bicyclic) bond motifs is 1. The van der Waals surface area contributed by atoms with Crippen LogP contribution in [0.3, 0.4) is 0 Å². The maximum atomic E-state index is 11.0. The molecule has 2 saturated heterocycles. The first-order valence-electron chi connectivity index (χ1n) is 5.87. The van der Waals surface area contributed by atoms with Crippen molar-refractivity contribution in [2.75, 3.05) is 19.9 Å². The molecule has 1 aromatic rings. The van der Waals surface area contributed by atoms with E-state index in [2.05, 4.69) is 4.98 Å². The minimum atomic E-state index is -0.917. The van der Waals surface area contributed by atoms with Gasteiger partial charge in [0.15, 0.2) is 0 Å². The Morgan fingerprint density at radius 1 is 1.56 bits per heavy atom. The Labute approximate surface area is 104 Å². The zero-order chi connectivity index (χ0) is 12.6. The van der Waals surface area contributed by atoms with E-state index in [1.165, 1.54) is 4.90 Å². The highest BCUT2D eigenvalue weighted by Gasteiger charge is 2.52. The highest BCUT2D eigenvalue weighted by atomic mass is 16.7. The summed E-state index contributed by atoms with van der Waals surface area (Å²) in [5, 5.41) is 9.03. The molecule has 2 aliphatic heterocycles. The number of pyridine rings is 1. The second-order valence-corrected chi connectivity index (χ2v) is 4.50. The number of likely N-dealkylation sites (tertiary alicyclic amines) is 1. The molecule has 0 aromatic carbocycles. The minimum Gasteiger partial charge on any atom is -0.465 e. The number of carbonyl (C=O) groups is 1. The van der Waals surface area contributed by atoms with Crippen LogP contribution in [-0.2, 0) is 15.1 Å². The molecular weight excluding hydrogens is 236 g/mol. The van der Waals surface area contributed by atoms with Crippen LogP contribution in [0.4, 0.5) is 4.79 Å². The summed E-state index contributed by atoms with van der Waals surface area (Å²) in [5.41, 5.74) is 0.227. The molecule has 1 N–H and O–H groups in total. The molecule has 18 heavy (non-hydrogen) atoms. The van der Waals surface area contributed by atoms with Crippen molar-refractivity contribution in [3.8, 4) is 0 Å². The fourth-order valence-corrected chi connectivity index (χ4v) is 2.63. The van der Waals surface area contributed by atoms with E-state index in [0.717, 1.165) is 5.69 Å². The molecule has 0 aliphatic carbocycles. The van der Waals surface area contributed by atoms with Crippen molar-refractivity contribution in [3.05, 3.63) is 30.1 Å². The third kappa shape index (κ3) is 1.65. The van der Waals surface area contributed by atoms with Crippen LogP contribution in [0.2, 0.25) is 0 Å². The zero-order valence-electron chi connectivity index (χ0n) is 9.78. The number of aromatic nitrogens is 1. The molecule has 0 radical (unpaired) electrons. The number of carboxylic acid groups (broad SMARTS) is 1. The first-order chi connectivity index (χ1) is 8.72. The van der Waals surface area contributed by atoms with Crippen LogP contribution in [0.1, 0.15) is 12.1 Å². The molecule has 1 unspecified atom stereocenters. The fourth-order valence-electron chi connectivity index (χ4n) is 2.63. The van der Waals surface area contributed by atoms with Gasteiger partial charge in [0.05, 0.1) is 12.2 Å². The summed E-state index contributed by atoms with van der Waals surface area (Å²) >= 11 is 0. The number of hydrogen-bond donors (Lipinski definition) is 1. The van der Waals surface area contributed by atoms with E-state index < -0.39 is 11.7 Å². The lowest BCUT2D eigenvalue weighted by molar-refractivity contribution is -0.0477. The van der Waals surface area contributed by atoms with Crippen LogP contribution in [0, 0.1) is 0 Å². The lowest BCUT2D eigenvalue weighted by atomic mass is 9.85. The Kier molecular flexibility index (Phi) is 2.68. The average Bonchev–Trinajstić information content (AvgIpc) is 2.83. The van der Waals surface area contributed by atoms with Crippen molar-refractivity contribution in [1.82, 2.24) is 9.88 Å². The van der Waals surface area contributed by atoms with Gasteiger partial charge in [-0.05, 0) is 12.1 Å². The Morgan fingerprint density at radius 2 is 2.44 bits per heavy atom. The quantitative estimate of drug-likeness (QED) is 0.806. The van der Waals surface area contributed by atoms with Crippen molar-refractivity contribution in [2.24, 2.45) is 0 Å². The molecule has 2 fully saturated rings. The molecule has 6 heteroatoms. The lowest BCUT2D eigenvalue weighted by Gasteiger charge is -2.40. The topological polar surface area (TPSA) is 71.9 Å². The minimum absolute atomic E-state index is 0.189. The monoisotopic (exact) mass is 250 g/mol. The molecule has 3 rings (SSSR count). The Hall–Kier alpha value is -1.66. The van der Waals surface area contributed by atoms with E-state index in [1.807, 2.05) is 18.2 Å². The summed E-state index contributed by atoms with van der Waals surface area (Å²) in [7, 11) is 0. The Bertz CT molecular complexity index is 453. The van der Waals surface area contributed by atoms with Gasteiger partial charge < -0.3 is 19.5 Å². The lowest BCUT2D eigenvalue weighted by Crippen LogP contribution is -2.53. The molecule has 0 spiro atoms. The van der Waals surface area contributed by atoms with Gasteiger partial charge in [-0.15, -0.1) is 0 Å². The normalized spacial score (nSPS) is 31.1. The predicted molar refractivity (Wildman–Crippen MR) is 61.0 cm³/mol. The zero-order valence-corrected chi connectivity index (χ0v) is 9.78. The van der Waals surface area contributed by atoms with Crippen LogP contribution in [0.15, 0.2) is 24.4 Å². The summed E-state index contributed by atoms with van der Waals surface area (Å²) in [4.78, 5) is 16.7. The number of rotatable bonds is 1. The van der Waals surface area contributed by atoms with Crippen LogP contribution >= 0.6 is 0 Å². The van der Waals surface area contributed by atoms with Gasteiger partial charge in [-0.2, -0.15) is 0 Å². The molecule has 1 aromatic heterocycles. The summed E-state index contributed by atoms with van der Waals surface area (Å²) in [6.45, 7) is 0.951. The maximum absolute atomic E-state index is 11.0. The van der Waals surface area contributed by atoms with Gasteiger partial charge >= 0.3 is 6.09 Å². The van der Waals surface area contributed by atoms with Crippen molar-refractivity contribution in [2.45, 2.75) is 18.1 Å². The summed E-state index contributed by atoms with van der Waals surface area (Å²) in [6.07, 6.45) is 1.09. The highest BCUT2D eigenvalue weighted by molar-refractivity contribution is 5.65. The van der Waals surface area contributed by atoms with Crippen LogP contribution < -0.4 is 0 Å². The van der Waals surface area contributed by atoms with Crippen molar-refractivity contribution < 1.29 is 19.4 Å². The third-order valence-corrected chi connectivity index (χ3v) is 3.61. The molecule has 96 valence electrons. The van der Waals surface area contributed by atoms with E-state index >= 15 is 0 Å². The van der Waals surface area contributed by atoms with E-state index in [0.29, 0.717) is 19.5 Å². The van der Waals surface area contributed by atoms with E-state index in [9.17, 15) is 4.79 Å². The number of hydrogen-bond acceptors (Lipinski definition) is 4. The SMILES string of the molecule is O=C(O)N1CCC2(c3ccccn3)OCO[C@@H]2C1. The van der Waals surface area contributed by atoms with E-state index in [-0.39, 0.29) is 12.9 Å². The summed E-state index contributed by atoms with van der Waals surface area (Å²) in [6, 6.07) is 5.65. The summed E-state index contributed by atoms with van der Waals surface area (Å²) < 4.78 is 11.3. The van der Waals surface area contributed by atoms with Crippen LogP contribution in [0.5, 0.6) is 0 Å². The van der Waals surface area contributed by atoms with Gasteiger partial charge in [0.25, 0.3) is 0 Å². The van der Waals surface area contributed by atoms with Gasteiger partial charge in [0.2, 0.25) is 0 Å². The molecular formula is C12H14N2O4. The first-order valence-corrected chi connectivity index (χ1v) is 5.87. The molecule has 3 heterocycles. The molecule has 0 bridgehead atoms. The smallest absolute Gasteiger partial charge is 0.407 e. The van der Waals surface area contributed by atoms with Gasteiger partial charge in [-0.3, -0.25) is 4.98 Å². The maximum Gasteiger partial charge on any atom is 0.407 e. The number of nitrogens with zero attached hydrogens (tertiary/aromatic N) is 2. The second-order valence-electron chi connectivity index (χ2n) is 4.50. The second kappa shape index (κ2) is 4.22. The van der Waals surface area contributed by atoms with Gasteiger partial charge in [0.1, 0.15) is 18.5 Å². The largest absolute Gasteiger partial charge is 0.465 e. The molecule has 6 nitrogen and oxygen atoms in total. The molecule has 1 amide bonds. The standard InChI is InChI=1S/C12H14N2O4/c15-11(16)14-6-4-12(9-3-1-2-5-13-9)10(7-14)17-8-18-12/h1-3,5,10H,4,6-8H2,(H,15,16)/t10-,12?/m1/s1. The fraction of sp³-hybridized carbons (Fsp3) is 0.500. The third-order valence-electron chi connectivity index (χ3n) is 3.61. The average molecular weight is 250 g/mol. The van der Waals surface area contributed by atoms with Crippen molar-refractivity contribution in [1.29, 1.82) is 0 Å². The van der Waals surface area contributed by atoms with E-state index in [1.54, 1.807) is 6.20 Å². The van der Waals surface area contributed by atoms with Crippen LogP contribution in [-0.4, -0.2) is 47.1 Å². The van der Waals surface area contributed by atoms with Gasteiger partial charge in [0, 0.05) is 19.2 Å². The highest BCUT2D eigenvalue weighted by Crippen LogP contribution is 2.41. The molecule has 0 saturated carbocycles. The number of ether oxygens (including phenoxy) is 2. The predicted octanol–water partition coefficient (Wildman–Crippen LogP) is 1.03. The van der Waals surface area contributed by atoms with Gasteiger partial charge in [-0.1, -0.05) is 6.07 Å². The summed E-state index contributed by atoms with van der Waals surface area (Å²) in [5.74, 6) is 0. The van der Waals surface area contributed by atoms with Crippen LogP contribution in [0.25, 0.3) is 0 Å². The first kappa shape index (κ1) is 11.4. The van der Waals surface area contributed by atoms with Gasteiger partial charge in [-0.25, -0.2) is 4.79 Å². The Morgan fingerprint density at radius 3 is 3.17 bits per heavy atom. The molecule has 2 aliphatic rings. The van der Waals surface area contributed by atoms with Crippen molar-refractivity contribution in [3.63, 3.8) is 0 Å². The van der Waals surface area contributed by atoms with E-state index in [4.69, 9.17) is 14.6 Å².